The average Bonchev–Trinajstić information content (AvgIpc) is 3.25. The molecule has 4 aliphatic carbocycles. The number of carbonyl (C=O) groups is 3. The van der Waals surface area contributed by atoms with Crippen molar-refractivity contribution in [2.45, 2.75) is 59.7 Å². The van der Waals surface area contributed by atoms with Crippen molar-refractivity contribution in [3.63, 3.8) is 0 Å². The SMILES string of the molecule is CC1(C)C(=O)C=CC2(C)C1=C(O)C(=O)C1(C)C2C(O)CC2=C(C3=CCOC3=O)CC(O)C21C. The van der Waals surface area contributed by atoms with E-state index in [1.165, 1.54) is 6.08 Å². The van der Waals surface area contributed by atoms with Crippen LogP contribution < -0.4 is 0 Å². The van der Waals surface area contributed by atoms with Crippen LogP contribution in [0.2, 0.25) is 0 Å². The highest BCUT2D eigenvalue weighted by Crippen LogP contribution is 2.71. The van der Waals surface area contributed by atoms with Gasteiger partial charge in [0.1, 0.15) is 6.61 Å². The molecule has 7 nitrogen and oxygen atoms in total. The number of Topliss-reactive ketones (excluding diaryl/α,β-unsaturated/α-hetero) is 1. The molecule has 0 aromatic carbocycles. The summed E-state index contributed by atoms with van der Waals surface area (Å²) in [6, 6.07) is 0. The molecule has 0 bridgehead atoms. The number of rotatable bonds is 1. The molecule has 33 heavy (non-hydrogen) atoms. The van der Waals surface area contributed by atoms with Gasteiger partial charge in [-0.05, 0) is 43.6 Å². The molecule has 0 radical (unpaired) electrons. The second-order valence-electron chi connectivity index (χ2n) is 11.2. The summed E-state index contributed by atoms with van der Waals surface area (Å²) in [5, 5.41) is 34.3. The van der Waals surface area contributed by atoms with Gasteiger partial charge >= 0.3 is 5.97 Å². The van der Waals surface area contributed by atoms with E-state index in [0.29, 0.717) is 22.3 Å². The first kappa shape index (κ1) is 22.3. The summed E-state index contributed by atoms with van der Waals surface area (Å²) >= 11 is 0. The third kappa shape index (κ3) is 2.30. The van der Waals surface area contributed by atoms with E-state index < -0.39 is 57.3 Å². The van der Waals surface area contributed by atoms with Gasteiger partial charge in [0.05, 0.1) is 28.6 Å². The molecule has 176 valence electrons. The smallest absolute Gasteiger partial charge is 0.338 e. The third-order valence-electron chi connectivity index (χ3n) is 9.53. The number of allylic oxidation sites excluding steroid dienone is 4. The summed E-state index contributed by atoms with van der Waals surface area (Å²) in [7, 11) is 0. The van der Waals surface area contributed by atoms with Gasteiger partial charge in [-0.3, -0.25) is 9.59 Å². The van der Waals surface area contributed by atoms with E-state index in [1.54, 1.807) is 39.8 Å². The van der Waals surface area contributed by atoms with Crippen LogP contribution in [0.15, 0.2) is 46.3 Å². The van der Waals surface area contributed by atoms with Crippen LogP contribution in [-0.2, 0) is 19.1 Å². The van der Waals surface area contributed by atoms with Gasteiger partial charge in [0.15, 0.2) is 11.5 Å². The van der Waals surface area contributed by atoms with E-state index in [1.807, 2.05) is 6.92 Å². The van der Waals surface area contributed by atoms with Gasteiger partial charge in [0.25, 0.3) is 0 Å². The Bertz CT molecular complexity index is 1150. The zero-order chi connectivity index (χ0) is 24.3. The minimum Gasteiger partial charge on any atom is -0.504 e. The van der Waals surface area contributed by atoms with E-state index in [2.05, 4.69) is 0 Å². The lowest BCUT2D eigenvalue weighted by atomic mass is 9.38. The van der Waals surface area contributed by atoms with E-state index in [-0.39, 0.29) is 25.2 Å². The molecular formula is C26H30O7. The van der Waals surface area contributed by atoms with Crippen LogP contribution in [-0.4, -0.2) is 51.7 Å². The lowest BCUT2D eigenvalue weighted by Crippen LogP contribution is -2.67. The molecule has 6 unspecified atom stereocenters. The van der Waals surface area contributed by atoms with E-state index in [0.717, 1.165) is 0 Å². The van der Waals surface area contributed by atoms with Crippen LogP contribution in [0, 0.1) is 27.6 Å². The highest BCUT2D eigenvalue weighted by atomic mass is 16.5. The quantitative estimate of drug-likeness (QED) is 0.521. The van der Waals surface area contributed by atoms with Crippen LogP contribution in [0.3, 0.4) is 0 Å². The van der Waals surface area contributed by atoms with Crippen molar-refractivity contribution < 1.29 is 34.4 Å². The topological polar surface area (TPSA) is 121 Å². The van der Waals surface area contributed by atoms with Gasteiger partial charge in [-0.1, -0.05) is 32.4 Å². The van der Waals surface area contributed by atoms with Gasteiger partial charge < -0.3 is 20.1 Å². The maximum absolute atomic E-state index is 14.0. The fourth-order valence-corrected chi connectivity index (χ4v) is 7.83. The summed E-state index contributed by atoms with van der Waals surface area (Å²) in [4.78, 5) is 39.0. The zero-order valence-corrected chi connectivity index (χ0v) is 19.6. The minimum atomic E-state index is -1.38. The van der Waals surface area contributed by atoms with Crippen molar-refractivity contribution in [2.24, 2.45) is 27.6 Å². The fourth-order valence-electron chi connectivity index (χ4n) is 7.83. The van der Waals surface area contributed by atoms with Crippen LogP contribution in [0.25, 0.3) is 0 Å². The van der Waals surface area contributed by atoms with Crippen LogP contribution in [0.4, 0.5) is 0 Å². The third-order valence-corrected chi connectivity index (χ3v) is 9.53. The van der Waals surface area contributed by atoms with Gasteiger partial charge in [0.2, 0.25) is 5.78 Å². The number of hydrogen-bond donors (Lipinski definition) is 3. The minimum absolute atomic E-state index is 0.151. The number of cyclic esters (lactones) is 1. The number of hydrogen-bond acceptors (Lipinski definition) is 7. The van der Waals surface area contributed by atoms with E-state index in [4.69, 9.17) is 4.74 Å². The number of aliphatic hydroxyl groups excluding tert-OH is 3. The second kappa shape index (κ2) is 6.33. The Morgan fingerprint density at radius 3 is 2.27 bits per heavy atom. The van der Waals surface area contributed by atoms with Crippen molar-refractivity contribution in [2.75, 3.05) is 6.61 Å². The molecule has 1 saturated carbocycles. The van der Waals surface area contributed by atoms with Crippen LogP contribution >= 0.6 is 0 Å². The molecule has 0 amide bonds. The molecule has 7 heteroatoms. The fraction of sp³-hybridized carbons (Fsp3) is 0.577. The second-order valence-corrected chi connectivity index (χ2v) is 11.2. The largest absolute Gasteiger partial charge is 0.504 e. The maximum atomic E-state index is 14.0. The van der Waals surface area contributed by atoms with Gasteiger partial charge in [-0.2, -0.15) is 0 Å². The van der Waals surface area contributed by atoms with Crippen molar-refractivity contribution in [3.05, 3.63) is 46.3 Å². The molecular weight excluding hydrogens is 424 g/mol. The zero-order valence-electron chi connectivity index (χ0n) is 19.6. The lowest BCUT2D eigenvalue weighted by Gasteiger charge is -2.64. The van der Waals surface area contributed by atoms with Gasteiger partial charge in [-0.15, -0.1) is 0 Å². The molecule has 0 aromatic heterocycles. The number of carbonyl (C=O) groups excluding carboxylic acids is 3. The number of ketones is 2. The summed E-state index contributed by atoms with van der Waals surface area (Å²) in [5.41, 5.74) is -2.63. The van der Waals surface area contributed by atoms with Crippen molar-refractivity contribution >= 4 is 17.5 Å². The van der Waals surface area contributed by atoms with Crippen molar-refractivity contribution in [3.8, 4) is 0 Å². The first-order chi connectivity index (χ1) is 15.2. The molecule has 0 saturated heterocycles. The summed E-state index contributed by atoms with van der Waals surface area (Å²) in [6.07, 6.45) is 3.17. The first-order valence-electron chi connectivity index (χ1n) is 11.4. The lowest BCUT2D eigenvalue weighted by molar-refractivity contribution is -0.174. The number of esters is 1. The Balaban J connectivity index is 1.80. The molecule has 6 atom stereocenters. The number of ether oxygens (including phenoxy) is 1. The van der Waals surface area contributed by atoms with Gasteiger partial charge in [-0.25, -0.2) is 4.79 Å². The molecule has 1 heterocycles. The Hall–Kier alpha value is -2.51. The molecule has 5 rings (SSSR count). The maximum Gasteiger partial charge on any atom is 0.338 e. The Morgan fingerprint density at radius 2 is 1.67 bits per heavy atom. The standard InChI is InChI=1S/C26H30O7/c1-23(2)16(28)6-8-24(3)19-15(27)11-14-13(12-7-9-33-22(12)32)10-17(29)25(14,4)26(19,5)21(31)18(30)20(23)24/h6-8,15,17,19,27,29-30H,9-11H2,1-5H3. The summed E-state index contributed by atoms with van der Waals surface area (Å²) in [5.74, 6) is -2.44. The average molecular weight is 455 g/mol. The Kier molecular flexibility index (Phi) is 4.28. The Labute approximate surface area is 192 Å². The predicted octanol–water partition coefficient (Wildman–Crippen LogP) is 2.49. The Morgan fingerprint density at radius 1 is 1.00 bits per heavy atom. The monoisotopic (exact) mass is 454 g/mol. The molecule has 0 spiro atoms. The van der Waals surface area contributed by atoms with Gasteiger partial charge in [0, 0.05) is 23.2 Å². The molecule has 0 aromatic rings. The van der Waals surface area contributed by atoms with E-state index >= 15 is 0 Å². The number of aliphatic hydroxyl groups is 3. The molecule has 1 fully saturated rings. The number of fused-ring (bicyclic) bond motifs is 5. The van der Waals surface area contributed by atoms with Crippen molar-refractivity contribution in [1.82, 2.24) is 0 Å². The van der Waals surface area contributed by atoms with Crippen molar-refractivity contribution in [1.29, 1.82) is 0 Å². The molecule has 1 aliphatic heterocycles. The predicted molar refractivity (Wildman–Crippen MR) is 118 cm³/mol. The van der Waals surface area contributed by atoms with E-state index in [9.17, 15) is 29.7 Å². The molecule has 3 N–H and O–H groups in total. The summed E-state index contributed by atoms with van der Waals surface area (Å²) < 4.78 is 5.08. The van der Waals surface area contributed by atoms with Crippen LogP contribution in [0.1, 0.15) is 47.5 Å². The first-order valence-corrected chi connectivity index (χ1v) is 11.4. The highest BCUT2D eigenvalue weighted by Gasteiger charge is 2.73. The summed E-state index contributed by atoms with van der Waals surface area (Å²) in [6.45, 7) is 8.85. The normalized spacial score (nSPS) is 43.9. The van der Waals surface area contributed by atoms with Crippen LogP contribution in [0.5, 0.6) is 0 Å². The highest BCUT2D eigenvalue weighted by molar-refractivity contribution is 6.06. The molecule has 5 aliphatic rings.